The van der Waals surface area contributed by atoms with Crippen LogP contribution in [0.5, 0.6) is 0 Å². The van der Waals surface area contributed by atoms with E-state index in [4.69, 9.17) is 4.42 Å². The van der Waals surface area contributed by atoms with Crippen LogP contribution in [0.15, 0.2) is 21.7 Å². The van der Waals surface area contributed by atoms with E-state index in [2.05, 4.69) is 10.3 Å². The van der Waals surface area contributed by atoms with Crippen LogP contribution in [-0.4, -0.2) is 71.7 Å². The van der Waals surface area contributed by atoms with Crippen molar-refractivity contribution in [2.45, 2.75) is 18.8 Å². The zero-order valence-electron chi connectivity index (χ0n) is 13.1. The standard InChI is InChI=1S/C14H16FN5O4.H2/c1-18-12-11(13(22)19(2)14(18)23)20(7-17-12)5-10(21)16-4-9-3-8(15)6-24-9;/h3,6-7,11-12H,4-5H2,1-2H3,(H,16,21);1H. The zero-order chi connectivity index (χ0) is 17.4. The van der Waals surface area contributed by atoms with Crippen molar-refractivity contribution in [2.75, 3.05) is 20.6 Å². The average Bonchev–Trinajstić information content (AvgIpc) is 3.15. The van der Waals surface area contributed by atoms with Gasteiger partial charge in [-0.25, -0.2) is 14.2 Å². The number of imide groups is 1. The summed E-state index contributed by atoms with van der Waals surface area (Å²) in [6.07, 6.45) is 1.69. The van der Waals surface area contributed by atoms with Crippen molar-refractivity contribution in [2.24, 2.45) is 4.99 Å². The molecule has 0 aliphatic carbocycles. The van der Waals surface area contributed by atoms with Crippen LogP contribution in [0.1, 0.15) is 7.19 Å². The lowest BCUT2D eigenvalue weighted by Gasteiger charge is -2.39. The van der Waals surface area contributed by atoms with E-state index in [1.54, 1.807) is 7.05 Å². The molecule has 1 aromatic rings. The van der Waals surface area contributed by atoms with Crippen LogP contribution in [0.3, 0.4) is 0 Å². The molecule has 2 atom stereocenters. The second kappa shape index (κ2) is 5.95. The number of hydrogen-bond donors (Lipinski definition) is 1. The molecule has 10 heteroatoms. The topological polar surface area (TPSA) is 98.5 Å². The maximum Gasteiger partial charge on any atom is 0.328 e. The number of rotatable bonds is 4. The molecule has 1 saturated heterocycles. The van der Waals surface area contributed by atoms with Crippen molar-refractivity contribution in [1.29, 1.82) is 0 Å². The van der Waals surface area contributed by atoms with E-state index < -0.39 is 30.0 Å². The molecule has 9 nitrogen and oxygen atoms in total. The number of halogens is 1. The summed E-state index contributed by atoms with van der Waals surface area (Å²) in [5, 5.41) is 2.57. The lowest BCUT2D eigenvalue weighted by molar-refractivity contribution is -0.136. The molecule has 2 aliphatic rings. The molecule has 1 fully saturated rings. The molecular formula is C14H18FN5O4. The molecule has 2 aliphatic heterocycles. The number of carbonyl (C=O) groups is 3. The van der Waals surface area contributed by atoms with Crippen LogP contribution in [0.4, 0.5) is 9.18 Å². The quantitative estimate of drug-likeness (QED) is 0.822. The van der Waals surface area contributed by atoms with Crippen LogP contribution < -0.4 is 5.32 Å². The zero-order valence-corrected chi connectivity index (χ0v) is 13.1. The van der Waals surface area contributed by atoms with Crippen LogP contribution >= 0.6 is 0 Å². The molecular weight excluding hydrogens is 321 g/mol. The highest BCUT2D eigenvalue weighted by Crippen LogP contribution is 2.24. The van der Waals surface area contributed by atoms with Gasteiger partial charge in [-0.3, -0.25) is 14.5 Å². The monoisotopic (exact) mass is 339 g/mol. The fraction of sp³-hybridized carbons (Fsp3) is 0.429. The highest BCUT2D eigenvalue weighted by Gasteiger charge is 2.48. The fourth-order valence-electron chi connectivity index (χ4n) is 2.70. The highest BCUT2D eigenvalue weighted by atomic mass is 19.1. The Bertz CT molecular complexity index is 724. The molecule has 0 aromatic carbocycles. The van der Waals surface area contributed by atoms with Gasteiger partial charge in [0.05, 0.1) is 19.4 Å². The van der Waals surface area contributed by atoms with Gasteiger partial charge in [-0.15, -0.1) is 0 Å². The molecule has 3 heterocycles. The second-order valence-corrected chi connectivity index (χ2v) is 5.59. The van der Waals surface area contributed by atoms with E-state index in [0.29, 0.717) is 0 Å². The predicted molar refractivity (Wildman–Crippen MR) is 81.3 cm³/mol. The van der Waals surface area contributed by atoms with Crippen LogP contribution in [0.2, 0.25) is 0 Å². The van der Waals surface area contributed by atoms with E-state index in [0.717, 1.165) is 11.2 Å². The number of aliphatic imine (C=N–C) groups is 1. The lowest BCUT2D eigenvalue weighted by atomic mass is 10.1. The summed E-state index contributed by atoms with van der Waals surface area (Å²) >= 11 is 0. The Kier molecular flexibility index (Phi) is 3.96. The van der Waals surface area contributed by atoms with Gasteiger partial charge in [0, 0.05) is 21.6 Å². The minimum Gasteiger partial charge on any atom is -0.464 e. The molecule has 2 unspecified atom stereocenters. The molecule has 1 aromatic heterocycles. The van der Waals surface area contributed by atoms with Gasteiger partial charge in [0.15, 0.2) is 18.0 Å². The fourth-order valence-corrected chi connectivity index (χ4v) is 2.70. The lowest BCUT2D eigenvalue weighted by Crippen LogP contribution is -2.64. The van der Waals surface area contributed by atoms with Gasteiger partial charge >= 0.3 is 6.03 Å². The first-order valence-electron chi connectivity index (χ1n) is 7.21. The van der Waals surface area contributed by atoms with Gasteiger partial charge < -0.3 is 19.5 Å². The summed E-state index contributed by atoms with van der Waals surface area (Å²) in [5.41, 5.74) is 0. The maximum absolute atomic E-state index is 12.8. The van der Waals surface area contributed by atoms with Crippen molar-refractivity contribution >= 4 is 24.2 Å². The number of urea groups is 1. The number of carbonyl (C=O) groups excluding carboxylic acids is 3. The second-order valence-electron chi connectivity index (χ2n) is 5.59. The third-order valence-corrected chi connectivity index (χ3v) is 3.98. The first-order chi connectivity index (χ1) is 11.4. The third-order valence-electron chi connectivity index (χ3n) is 3.98. The first-order valence-corrected chi connectivity index (χ1v) is 7.21. The minimum absolute atomic E-state index is 0. The van der Waals surface area contributed by atoms with Crippen molar-refractivity contribution in [1.82, 2.24) is 20.0 Å². The molecule has 1 N–H and O–H groups in total. The Morgan fingerprint density at radius 1 is 1.46 bits per heavy atom. The number of nitrogens with zero attached hydrogens (tertiary/aromatic N) is 4. The Labute approximate surface area is 138 Å². The van der Waals surface area contributed by atoms with Gasteiger partial charge in [0.2, 0.25) is 5.91 Å². The number of nitrogens with one attached hydrogen (secondary N) is 1. The van der Waals surface area contributed by atoms with Crippen molar-refractivity contribution in [3.8, 4) is 0 Å². The average molecular weight is 339 g/mol. The summed E-state index contributed by atoms with van der Waals surface area (Å²) in [6, 6.07) is 0.00225. The number of amides is 4. The van der Waals surface area contributed by atoms with Gasteiger partial charge in [0.1, 0.15) is 12.0 Å². The van der Waals surface area contributed by atoms with Gasteiger partial charge in [0.25, 0.3) is 5.91 Å². The summed E-state index contributed by atoms with van der Waals surface area (Å²) < 4.78 is 17.7. The maximum atomic E-state index is 12.8. The molecule has 4 amide bonds. The predicted octanol–water partition coefficient (Wildman–Crippen LogP) is -0.157. The Balaban J connectivity index is 0.00000225. The normalized spacial score (nSPS) is 23.0. The molecule has 3 rings (SSSR count). The minimum atomic E-state index is -0.732. The van der Waals surface area contributed by atoms with Crippen molar-refractivity contribution in [3.05, 3.63) is 23.9 Å². The Morgan fingerprint density at radius 2 is 2.21 bits per heavy atom. The van der Waals surface area contributed by atoms with E-state index in [1.807, 2.05) is 0 Å². The van der Waals surface area contributed by atoms with Crippen molar-refractivity contribution in [3.63, 3.8) is 0 Å². The van der Waals surface area contributed by atoms with Gasteiger partial charge in [-0.1, -0.05) is 0 Å². The number of likely N-dealkylation sites (N-methyl/N-ethyl adjacent to an activating group) is 2. The Hall–Kier alpha value is -2.91. The third kappa shape index (κ3) is 2.70. The summed E-state index contributed by atoms with van der Waals surface area (Å²) in [6.45, 7) is -0.0798. The number of fused-ring (bicyclic) bond motifs is 1. The van der Waals surface area contributed by atoms with E-state index >= 15 is 0 Å². The molecule has 130 valence electrons. The molecule has 0 bridgehead atoms. The smallest absolute Gasteiger partial charge is 0.328 e. The van der Waals surface area contributed by atoms with Crippen LogP contribution in [0, 0.1) is 5.82 Å². The van der Waals surface area contributed by atoms with Crippen LogP contribution in [-0.2, 0) is 16.1 Å². The Morgan fingerprint density at radius 3 is 2.88 bits per heavy atom. The largest absolute Gasteiger partial charge is 0.464 e. The molecule has 24 heavy (non-hydrogen) atoms. The molecule has 0 spiro atoms. The molecule has 0 radical (unpaired) electrons. The number of hydrogen-bond acceptors (Lipinski definition) is 6. The van der Waals surface area contributed by atoms with Gasteiger partial charge in [-0.2, -0.15) is 0 Å². The summed E-state index contributed by atoms with van der Waals surface area (Å²) in [5.74, 6) is -1.03. The van der Waals surface area contributed by atoms with E-state index in [-0.39, 0.29) is 26.2 Å². The van der Waals surface area contributed by atoms with Crippen LogP contribution in [0.25, 0.3) is 0 Å². The SMILES string of the molecule is CN1C(=O)C2C(N=CN2CC(=O)NCc2cc(F)co2)N(C)C1=O.[HH]. The number of furan rings is 1. The first kappa shape index (κ1) is 16.0. The van der Waals surface area contributed by atoms with E-state index in [9.17, 15) is 18.8 Å². The highest BCUT2D eigenvalue weighted by molar-refractivity contribution is 6.02. The van der Waals surface area contributed by atoms with Gasteiger partial charge in [-0.05, 0) is 0 Å². The van der Waals surface area contributed by atoms with E-state index in [1.165, 1.54) is 29.3 Å². The molecule has 0 saturated carbocycles. The van der Waals surface area contributed by atoms with Crippen molar-refractivity contribution < 1.29 is 24.6 Å². The summed E-state index contributed by atoms with van der Waals surface area (Å²) in [4.78, 5) is 44.2. The summed E-state index contributed by atoms with van der Waals surface area (Å²) in [7, 11) is 2.94.